The predicted molar refractivity (Wildman–Crippen MR) is 114 cm³/mol. The van der Waals surface area contributed by atoms with Gasteiger partial charge in [0.25, 0.3) is 0 Å². The van der Waals surface area contributed by atoms with Crippen LogP contribution in [0.1, 0.15) is 39.7 Å². The number of fused-ring (bicyclic) bond motifs is 1. The number of allylic oxidation sites excluding steroid dienone is 1. The van der Waals surface area contributed by atoms with Gasteiger partial charge in [0.2, 0.25) is 5.91 Å². The van der Waals surface area contributed by atoms with Gasteiger partial charge in [-0.1, -0.05) is 37.3 Å². The fourth-order valence-corrected chi connectivity index (χ4v) is 3.14. The van der Waals surface area contributed by atoms with E-state index in [1.54, 1.807) is 12.3 Å². The third-order valence-corrected chi connectivity index (χ3v) is 4.83. The molecule has 4 nitrogen and oxygen atoms in total. The third-order valence-electron chi connectivity index (χ3n) is 4.83. The first-order valence-corrected chi connectivity index (χ1v) is 9.76. The van der Waals surface area contributed by atoms with Gasteiger partial charge in [-0.15, -0.1) is 0 Å². The van der Waals surface area contributed by atoms with Gasteiger partial charge in [0.15, 0.2) is 0 Å². The SMILES string of the molecule is CCOc1cc2occ(-c3ccccc3)c2cc1/C(C)=C/C(=O)NC(C)CC. The maximum Gasteiger partial charge on any atom is 0.244 e. The number of hydrogen-bond acceptors (Lipinski definition) is 3. The average Bonchev–Trinajstić information content (AvgIpc) is 3.10. The van der Waals surface area contributed by atoms with Crippen LogP contribution in [0.15, 0.2) is 59.2 Å². The Bertz CT molecular complexity index is 986. The molecular weight excluding hydrogens is 350 g/mol. The second kappa shape index (κ2) is 8.79. The summed E-state index contributed by atoms with van der Waals surface area (Å²) in [6.07, 6.45) is 4.30. The fourth-order valence-electron chi connectivity index (χ4n) is 3.14. The Labute approximate surface area is 166 Å². The molecule has 4 heteroatoms. The monoisotopic (exact) mass is 377 g/mol. The normalized spacial score (nSPS) is 12.8. The van der Waals surface area contributed by atoms with E-state index in [-0.39, 0.29) is 11.9 Å². The van der Waals surface area contributed by atoms with Gasteiger partial charge in [0.1, 0.15) is 11.3 Å². The Balaban J connectivity index is 2.06. The minimum absolute atomic E-state index is 0.0927. The van der Waals surface area contributed by atoms with Crippen molar-refractivity contribution in [3.05, 3.63) is 60.4 Å². The molecule has 0 aliphatic rings. The van der Waals surface area contributed by atoms with Crippen LogP contribution in [0.3, 0.4) is 0 Å². The molecule has 146 valence electrons. The molecular formula is C24H27NO3. The van der Waals surface area contributed by atoms with Crippen molar-refractivity contribution < 1.29 is 13.9 Å². The summed E-state index contributed by atoms with van der Waals surface area (Å²) in [5, 5.41) is 3.98. The Morgan fingerprint density at radius 3 is 2.64 bits per heavy atom. The summed E-state index contributed by atoms with van der Waals surface area (Å²) in [6.45, 7) is 8.46. The van der Waals surface area contributed by atoms with Crippen molar-refractivity contribution in [3.63, 3.8) is 0 Å². The first-order chi connectivity index (χ1) is 13.5. The third kappa shape index (κ3) is 4.28. The Morgan fingerprint density at radius 2 is 1.96 bits per heavy atom. The largest absolute Gasteiger partial charge is 0.493 e. The highest BCUT2D eigenvalue weighted by Gasteiger charge is 2.15. The lowest BCUT2D eigenvalue weighted by molar-refractivity contribution is -0.117. The lowest BCUT2D eigenvalue weighted by atomic mass is 9.99. The van der Waals surface area contributed by atoms with Crippen molar-refractivity contribution in [2.75, 3.05) is 6.61 Å². The predicted octanol–water partition coefficient (Wildman–Crippen LogP) is 5.82. The summed E-state index contributed by atoms with van der Waals surface area (Å²) in [5.74, 6) is 0.624. The second-order valence-electron chi connectivity index (χ2n) is 6.94. The van der Waals surface area contributed by atoms with Crippen LogP contribution >= 0.6 is 0 Å². The van der Waals surface area contributed by atoms with Crippen LogP contribution in [0.4, 0.5) is 0 Å². The van der Waals surface area contributed by atoms with Crippen molar-refractivity contribution >= 4 is 22.4 Å². The van der Waals surface area contributed by atoms with Crippen molar-refractivity contribution in [1.82, 2.24) is 5.32 Å². The van der Waals surface area contributed by atoms with E-state index >= 15 is 0 Å². The molecule has 3 aromatic rings. The minimum Gasteiger partial charge on any atom is -0.493 e. The van der Waals surface area contributed by atoms with Crippen LogP contribution in [0.25, 0.3) is 27.7 Å². The van der Waals surface area contributed by atoms with Crippen molar-refractivity contribution in [1.29, 1.82) is 0 Å². The van der Waals surface area contributed by atoms with Crippen LogP contribution < -0.4 is 10.1 Å². The molecule has 2 aromatic carbocycles. The number of carbonyl (C=O) groups excluding carboxylic acids is 1. The summed E-state index contributed by atoms with van der Waals surface area (Å²) in [4.78, 5) is 12.3. The van der Waals surface area contributed by atoms with Gasteiger partial charge < -0.3 is 14.5 Å². The molecule has 0 radical (unpaired) electrons. The number of ether oxygens (including phenoxy) is 1. The number of amides is 1. The molecule has 0 spiro atoms. The number of hydrogen-bond donors (Lipinski definition) is 1. The van der Waals surface area contributed by atoms with Crippen molar-refractivity contribution in [2.24, 2.45) is 0 Å². The summed E-state index contributed by atoms with van der Waals surface area (Å²) in [5.41, 5.74) is 4.63. The Kier molecular flexibility index (Phi) is 6.19. The number of nitrogens with one attached hydrogen (secondary N) is 1. The average molecular weight is 377 g/mol. The number of rotatable bonds is 7. The zero-order valence-electron chi connectivity index (χ0n) is 16.9. The molecule has 1 N–H and O–H groups in total. The van der Waals surface area contributed by atoms with Crippen molar-refractivity contribution in [3.8, 4) is 16.9 Å². The van der Waals surface area contributed by atoms with E-state index in [0.29, 0.717) is 12.4 Å². The summed E-state index contributed by atoms with van der Waals surface area (Å²) >= 11 is 0. The number of furan rings is 1. The van der Waals surface area contributed by atoms with Crippen LogP contribution in [0.2, 0.25) is 0 Å². The molecule has 1 amide bonds. The first kappa shape index (κ1) is 19.7. The zero-order valence-corrected chi connectivity index (χ0v) is 16.9. The molecule has 1 atom stereocenters. The molecule has 28 heavy (non-hydrogen) atoms. The summed E-state index contributed by atoms with van der Waals surface area (Å²) in [6, 6.07) is 14.2. The lowest BCUT2D eigenvalue weighted by Gasteiger charge is -2.13. The maximum atomic E-state index is 12.3. The number of carbonyl (C=O) groups is 1. The van der Waals surface area contributed by atoms with Gasteiger partial charge in [-0.25, -0.2) is 0 Å². The van der Waals surface area contributed by atoms with E-state index in [2.05, 4.69) is 23.5 Å². The van der Waals surface area contributed by atoms with Gasteiger partial charge in [0, 0.05) is 34.7 Å². The highest BCUT2D eigenvalue weighted by molar-refractivity contribution is 6.00. The van der Waals surface area contributed by atoms with Gasteiger partial charge in [0.05, 0.1) is 12.9 Å². The minimum atomic E-state index is -0.0927. The maximum absolute atomic E-state index is 12.3. The first-order valence-electron chi connectivity index (χ1n) is 9.76. The smallest absolute Gasteiger partial charge is 0.244 e. The van der Waals surface area contributed by atoms with E-state index in [1.165, 1.54) is 0 Å². The van der Waals surface area contributed by atoms with Crippen LogP contribution in [-0.2, 0) is 4.79 Å². The van der Waals surface area contributed by atoms with E-state index in [1.807, 2.05) is 52.0 Å². The van der Waals surface area contributed by atoms with Gasteiger partial charge >= 0.3 is 0 Å². The van der Waals surface area contributed by atoms with Gasteiger partial charge in [-0.3, -0.25) is 4.79 Å². The van der Waals surface area contributed by atoms with E-state index in [0.717, 1.165) is 39.7 Å². The second-order valence-corrected chi connectivity index (χ2v) is 6.94. The van der Waals surface area contributed by atoms with E-state index in [4.69, 9.17) is 9.15 Å². The molecule has 0 fully saturated rings. The topological polar surface area (TPSA) is 51.5 Å². The van der Waals surface area contributed by atoms with Gasteiger partial charge in [-0.2, -0.15) is 0 Å². The summed E-state index contributed by atoms with van der Waals surface area (Å²) < 4.78 is 11.6. The summed E-state index contributed by atoms with van der Waals surface area (Å²) in [7, 11) is 0. The molecule has 0 saturated carbocycles. The molecule has 1 heterocycles. The zero-order chi connectivity index (χ0) is 20.1. The van der Waals surface area contributed by atoms with Crippen LogP contribution in [-0.4, -0.2) is 18.6 Å². The van der Waals surface area contributed by atoms with E-state index < -0.39 is 0 Å². The highest BCUT2D eigenvalue weighted by Crippen LogP contribution is 2.37. The molecule has 0 bridgehead atoms. The standard InChI is InChI=1S/C24H27NO3/c1-5-17(4)25-24(26)12-16(3)19-13-20-21(18-10-8-7-9-11-18)15-28-23(20)14-22(19)27-6-2/h7-15,17H,5-6H2,1-4H3,(H,25,26)/b16-12+. The Morgan fingerprint density at radius 1 is 1.21 bits per heavy atom. The van der Waals surface area contributed by atoms with E-state index in [9.17, 15) is 4.79 Å². The molecule has 1 unspecified atom stereocenters. The fraction of sp³-hybridized carbons (Fsp3) is 0.292. The quantitative estimate of drug-likeness (QED) is 0.528. The Hall–Kier alpha value is -3.01. The van der Waals surface area contributed by atoms with Crippen LogP contribution in [0, 0.1) is 0 Å². The van der Waals surface area contributed by atoms with Crippen molar-refractivity contribution in [2.45, 2.75) is 40.2 Å². The van der Waals surface area contributed by atoms with Crippen LogP contribution in [0.5, 0.6) is 5.75 Å². The lowest BCUT2D eigenvalue weighted by Crippen LogP contribution is -2.30. The molecule has 0 saturated heterocycles. The molecule has 0 aliphatic carbocycles. The molecule has 1 aromatic heterocycles. The van der Waals surface area contributed by atoms with Gasteiger partial charge in [-0.05, 0) is 44.4 Å². The number of benzene rings is 2. The highest BCUT2D eigenvalue weighted by atomic mass is 16.5. The molecule has 3 rings (SSSR count). The molecule has 0 aliphatic heterocycles.